The molecule has 2 aromatic heterocycles. The van der Waals surface area contributed by atoms with E-state index in [1.165, 1.54) is 16.7 Å². The lowest BCUT2D eigenvalue weighted by atomic mass is 10.0. The number of halogens is 2. The SMILES string of the molecule is CN(CCCNc1cc(-c2ccccc2Cl)nc2c(Br)cnn12)Cc1cccc(-c2ccccc2)c1. The molecule has 3 aromatic carbocycles. The fraction of sp³-hybridized carbons (Fsp3) is 0.172. The second kappa shape index (κ2) is 11.2. The average molecular weight is 561 g/mol. The van der Waals surface area contributed by atoms with Crippen molar-refractivity contribution in [2.75, 3.05) is 25.5 Å². The van der Waals surface area contributed by atoms with Crippen LogP contribution in [0.4, 0.5) is 5.82 Å². The summed E-state index contributed by atoms with van der Waals surface area (Å²) < 4.78 is 2.67. The summed E-state index contributed by atoms with van der Waals surface area (Å²) in [6.07, 6.45) is 2.75. The molecule has 0 radical (unpaired) electrons. The molecule has 5 rings (SSSR count). The second-order valence-electron chi connectivity index (χ2n) is 8.82. The maximum atomic E-state index is 6.45. The van der Waals surface area contributed by atoms with Crippen molar-refractivity contribution < 1.29 is 0 Å². The van der Waals surface area contributed by atoms with E-state index in [1.54, 1.807) is 6.20 Å². The molecule has 0 spiro atoms. The maximum Gasteiger partial charge on any atom is 0.172 e. The van der Waals surface area contributed by atoms with Crippen LogP contribution < -0.4 is 5.32 Å². The van der Waals surface area contributed by atoms with E-state index in [4.69, 9.17) is 16.6 Å². The lowest BCUT2D eigenvalue weighted by Gasteiger charge is -2.18. The van der Waals surface area contributed by atoms with Crippen LogP contribution in [0.25, 0.3) is 28.0 Å². The Morgan fingerprint density at radius 1 is 0.944 bits per heavy atom. The topological polar surface area (TPSA) is 45.5 Å². The molecule has 0 saturated carbocycles. The van der Waals surface area contributed by atoms with Crippen LogP contribution >= 0.6 is 27.5 Å². The molecule has 0 saturated heterocycles. The van der Waals surface area contributed by atoms with Gasteiger partial charge in [0.1, 0.15) is 5.82 Å². The highest BCUT2D eigenvalue weighted by atomic mass is 79.9. The van der Waals surface area contributed by atoms with Crippen LogP contribution in [-0.4, -0.2) is 39.6 Å². The standard InChI is InChI=1S/C29H27BrClN5/c1-35(20-21-9-7-12-23(17-21)22-10-3-2-4-11-22)16-8-15-32-28-18-27(24-13-5-6-14-26(24)31)34-29-25(30)19-33-36(28)29/h2-7,9-14,17-19,32H,8,15-16,20H2,1H3. The van der Waals surface area contributed by atoms with Crippen molar-refractivity contribution in [3.8, 4) is 22.4 Å². The first-order chi connectivity index (χ1) is 17.6. The summed E-state index contributed by atoms with van der Waals surface area (Å²) in [7, 11) is 2.17. The van der Waals surface area contributed by atoms with Crippen LogP contribution in [-0.2, 0) is 6.54 Å². The van der Waals surface area contributed by atoms with Gasteiger partial charge in [0, 0.05) is 29.7 Å². The van der Waals surface area contributed by atoms with Crippen LogP contribution in [0, 0.1) is 0 Å². The molecule has 0 aliphatic heterocycles. The van der Waals surface area contributed by atoms with Crippen molar-refractivity contribution in [3.63, 3.8) is 0 Å². The molecule has 0 aliphatic carbocycles. The van der Waals surface area contributed by atoms with Crippen molar-refractivity contribution in [1.29, 1.82) is 0 Å². The van der Waals surface area contributed by atoms with Crippen LogP contribution in [0.3, 0.4) is 0 Å². The third-order valence-corrected chi connectivity index (χ3v) is 6.98. The monoisotopic (exact) mass is 559 g/mol. The van der Waals surface area contributed by atoms with Crippen molar-refractivity contribution in [3.05, 3.63) is 106 Å². The smallest absolute Gasteiger partial charge is 0.172 e. The Bertz CT molecular complexity index is 1470. The molecular weight excluding hydrogens is 534 g/mol. The molecule has 0 unspecified atom stereocenters. The van der Waals surface area contributed by atoms with E-state index < -0.39 is 0 Å². The first-order valence-electron chi connectivity index (χ1n) is 11.9. The van der Waals surface area contributed by atoms with E-state index in [1.807, 2.05) is 34.8 Å². The van der Waals surface area contributed by atoms with E-state index in [-0.39, 0.29) is 0 Å². The Morgan fingerprint density at radius 2 is 1.72 bits per heavy atom. The van der Waals surface area contributed by atoms with Gasteiger partial charge in [-0.1, -0.05) is 78.3 Å². The van der Waals surface area contributed by atoms with Gasteiger partial charge in [-0.2, -0.15) is 9.61 Å². The van der Waals surface area contributed by atoms with Gasteiger partial charge in [0.15, 0.2) is 5.65 Å². The molecule has 182 valence electrons. The van der Waals surface area contributed by atoms with E-state index in [2.05, 4.69) is 92.9 Å². The van der Waals surface area contributed by atoms with E-state index in [9.17, 15) is 0 Å². The molecule has 5 nitrogen and oxygen atoms in total. The van der Waals surface area contributed by atoms with Crippen molar-refractivity contribution in [2.24, 2.45) is 0 Å². The van der Waals surface area contributed by atoms with Gasteiger partial charge in [0.25, 0.3) is 0 Å². The van der Waals surface area contributed by atoms with E-state index >= 15 is 0 Å². The third kappa shape index (κ3) is 5.62. The van der Waals surface area contributed by atoms with Gasteiger partial charge in [-0.05, 0) is 64.8 Å². The minimum absolute atomic E-state index is 0.675. The molecule has 0 bridgehead atoms. The zero-order chi connectivity index (χ0) is 24.9. The molecule has 0 atom stereocenters. The first-order valence-corrected chi connectivity index (χ1v) is 13.1. The summed E-state index contributed by atoms with van der Waals surface area (Å²) in [6, 6.07) is 29.1. The quantitative estimate of drug-likeness (QED) is 0.191. The van der Waals surface area contributed by atoms with Gasteiger partial charge in [0.05, 0.1) is 16.4 Å². The molecule has 0 fully saturated rings. The van der Waals surface area contributed by atoms with Crippen molar-refractivity contribution in [1.82, 2.24) is 19.5 Å². The summed E-state index contributed by atoms with van der Waals surface area (Å²) in [6.45, 7) is 2.69. The molecule has 2 heterocycles. The number of hydrogen-bond acceptors (Lipinski definition) is 4. The number of hydrogen-bond donors (Lipinski definition) is 1. The van der Waals surface area contributed by atoms with E-state index in [0.29, 0.717) is 5.02 Å². The fourth-order valence-electron chi connectivity index (χ4n) is 4.30. The summed E-state index contributed by atoms with van der Waals surface area (Å²) in [5, 5.41) is 8.70. The second-order valence-corrected chi connectivity index (χ2v) is 10.1. The molecule has 5 aromatic rings. The Labute approximate surface area is 224 Å². The van der Waals surface area contributed by atoms with Crippen molar-refractivity contribution in [2.45, 2.75) is 13.0 Å². The molecule has 7 heteroatoms. The Morgan fingerprint density at radius 3 is 2.56 bits per heavy atom. The molecule has 36 heavy (non-hydrogen) atoms. The summed E-state index contributed by atoms with van der Waals surface area (Å²) in [5.74, 6) is 0.888. The molecule has 0 amide bonds. The maximum absolute atomic E-state index is 6.45. The largest absolute Gasteiger partial charge is 0.370 e. The number of aromatic nitrogens is 3. The van der Waals surface area contributed by atoms with E-state index in [0.717, 1.165) is 53.3 Å². The number of benzene rings is 3. The minimum Gasteiger partial charge on any atom is -0.370 e. The van der Waals surface area contributed by atoms with Gasteiger partial charge in [0.2, 0.25) is 0 Å². The van der Waals surface area contributed by atoms with Crippen LogP contribution in [0.5, 0.6) is 0 Å². The van der Waals surface area contributed by atoms with Gasteiger partial charge in [-0.3, -0.25) is 0 Å². The van der Waals surface area contributed by atoms with Crippen molar-refractivity contribution >= 4 is 39.0 Å². The summed E-state index contributed by atoms with van der Waals surface area (Å²) >= 11 is 10.0. The highest BCUT2D eigenvalue weighted by Crippen LogP contribution is 2.30. The van der Waals surface area contributed by atoms with Gasteiger partial charge in [-0.25, -0.2) is 4.98 Å². The predicted octanol–water partition coefficient (Wildman–Crippen LogP) is 7.41. The zero-order valence-electron chi connectivity index (χ0n) is 20.0. The molecule has 1 N–H and O–H groups in total. The highest BCUT2D eigenvalue weighted by molar-refractivity contribution is 9.10. The Hall–Kier alpha value is -3.19. The molecular formula is C29H27BrClN5. The fourth-order valence-corrected chi connectivity index (χ4v) is 4.89. The van der Waals surface area contributed by atoms with Gasteiger partial charge < -0.3 is 10.2 Å². The number of fused-ring (bicyclic) bond motifs is 1. The lowest BCUT2D eigenvalue weighted by molar-refractivity contribution is 0.325. The number of nitrogens with zero attached hydrogens (tertiary/aromatic N) is 4. The van der Waals surface area contributed by atoms with Crippen LogP contribution in [0.1, 0.15) is 12.0 Å². The van der Waals surface area contributed by atoms with Gasteiger partial charge in [-0.15, -0.1) is 0 Å². The highest BCUT2D eigenvalue weighted by Gasteiger charge is 2.13. The summed E-state index contributed by atoms with van der Waals surface area (Å²) in [5.41, 5.74) is 6.28. The normalized spacial score (nSPS) is 11.3. The number of nitrogens with one attached hydrogen (secondary N) is 1. The third-order valence-electron chi connectivity index (χ3n) is 6.09. The number of rotatable bonds is 9. The van der Waals surface area contributed by atoms with Crippen LogP contribution in [0.2, 0.25) is 5.02 Å². The zero-order valence-corrected chi connectivity index (χ0v) is 22.4. The predicted molar refractivity (Wildman–Crippen MR) is 152 cm³/mol. The molecule has 0 aliphatic rings. The Balaban J connectivity index is 1.22. The average Bonchev–Trinajstić information content (AvgIpc) is 3.28. The minimum atomic E-state index is 0.675. The lowest BCUT2D eigenvalue weighted by Crippen LogP contribution is -2.21. The van der Waals surface area contributed by atoms with Crippen LogP contribution in [0.15, 0.2) is 95.6 Å². The Kier molecular flexibility index (Phi) is 7.66. The summed E-state index contributed by atoms with van der Waals surface area (Å²) in [4.78, 5) is 7.13. The first kappa shape index (κ1) is 24.5. The number of anilines is 1. The van der Waals surface area contributed by atoms with Gasteiger partial charge >= 0.3 is 0 Å².